The number of piperidine rings is 1. The molecule has 3 saturated heterocycles. The van der Waals surface area contributed by atoms with E-state index in [1.165, 1.54) is 0 Å². The van der Waals surface area contributed by atoms with E-state index < -0.39 is 12.1 Å². The number of hydrazine groups is 1. The summed E-state index contributed by atoms with van der Waals surface area (Å²) in [6, 6.07) is 0.431. The van der Waals surface area contributed by atoms with E-state index in [4.69, 9.17) is 10.9 Å². The summed E-state index contributed by atoms with van der Waals surface area (Å²) < 4.78 is 38.7. The number of rotatable bonds is 5. The highest BCUT2D eigenvalue weighted by Crippen LogP contribution is 2.35. The first-order chi connectivity index (χ1) is 15.3. The van der Waals surface area contributed by atoms with E-state index >= 15 is 0 Å². The first kappa shape index (κ1) is 24.0. The van der Waals surface area contributed by atoms with E-state index in [0.717, 1.165) is 65.0 Å². The van der Waals surface area contributed by atoms with Crippen LogP contribution in [0.2, 0.25) is 0 Å². The topological polar surface area (TPSA) is 101 Å². The second kappa shape index (κ2) is 10.4. The molecular formula is C21H38F3N7O. The van der Waals surface area contributed by atoms with Gasteiger partial charge in [-0.05, 0) is 44.4 Å². The van der Waals surface area contributed by atoms with Gasteiger partial charge in [-0.3, -0.25) is 15.8 Å². The molecule has 3 heterocycles. The van der Waals surface area contributed by atoms with Crippen LogP contribution in [0.3, 0.4) is 0 Å². The minimum Gasteiger partial charge on any atom is -0.409 e. The third-order valence-corrected chi connectivity index (χ3v) is 8.15. The first-order valence-corrected chi connectivity index (χ1v) is 12.1. The molecule has 0 aromatic heterocycles. The van der Waals surface area contributed by atoms with Crippen molar-refractivity contribution in [2.24, 2.45) is 34.6 Å². The molecule has 4 fully saturated rings. The lowest BCUT2D eigenvalue weighted by Crippen LogP contribution is -2.58. The van der Waals surface area contributed by atoms with Crippen LogP contribution >= 0.6 is 0 Å². The fourth-order valence-electron chi connectivity index (χ4n) is 6.11. The van der Waals surface area contributed by atoms with Gasteiger partial charge in [-0.25, -0.2) is 0 Å². The largest absolute Gasteiger partial charge is 0.409 e. The number of amidine groups is 1. The number of nitrogens with one attached hydrogen (secondary N) is 3. The fourth-order valence-corrected chi connectivity index (χ4v) is 6.11. The molecule has 4 aliphatic rings. The van der Waals surface area contributed by atoms with Crippen LogP contribution < -0.4 is 21.9 Å². The van der Waals surface area contributed by atoms with Gasteiger partial charge in [0.05, 0.1) is 12.1 Å². The molecule has 4 atom stereocenters. The molecule has 1 aliphatic carbocycles. The maximum atomic E-state index is 12.9. The summed E-state index contributed by atoms with van der Waals surface area (Å²) in [6.07, 6.45) is 0.865. The zero-order chi connectivity index (χ0) is 22.7. The van der Waals surface area contributed by atoms with Crippen LogP contribution in [0.5, 0.6) is 0 Å². The fraction of sp³-hybridized carbons (Fsp3) is 0.952. The van der Waals surface area contributed by atoms with E-state index in [1.54, 1.807) is 0 Å². The van der Waals surface area contributed by atoms with Crippen molar-refractivity contribution in [1.29, 1.82) is 0 Å². The van der Waals surface area contributed by atoms with Crippen LogP contribution in [0.25, 0.3) is 0 Å². The summed E-state index contributed by atoms with van der Waals surface area (Å²) in [5.41, 5.74) is 12.7. The molecule has 11 heteroatoms. The molecule has 8 nitrogen and oxygen atoms in total. The normalized spacial score (nSPS) is 38.8. The number of nitrogens with two attached hydrogens (primary N) is 1. The van der Waals surface area contributed by atoms with Gasteiger partial charge in [0.25, 0.3) is 0 Å². The van der Waals surface area contributed by atoms with Gasteiger partial charge in [0, 0.05) is 63.7 Å². The summed E-state index contributed by atoms with van der Waals surface area (Å²) in [7, 11) is 0. The van der Waals surface area contributed by atoms with Crippen molar-refractivity contribution < 1.29 is 18.4 Å². The minimum absolute atomic E-state index is 0.0352. The van der Waals surface area contributed by atoms with Crippen LogP contribution in [-0.2, 0) is 0 Å². The second-order valence-electron chi connectivity index (χ2n) is 10.0. The Morgan fingerprint density at radius 3 is 2.31 bits per heavy atom. The van der Waals surface area contributed by atoms with Gasteiger partial charge in [-0.2, -0.15) is 13.2 Å². The minimum atomic E-state index is -4.09. The monoisotopic (exact) mass is 461 g/mol. The predicted molar refractivity (Wildman–Crippen MR) is 116 cm³/mol. The van der Waals surface area contributed by atoms with Gasteiger partial charge in [-0.1, -0.05) is 5.16 Å². The number of hydrogen-bond donors (Lipinski definition) is 5. The number of alkyl halides is 3. The van der Waals surface area contributed by atoms with Gasteiger partial charge in [0.1, 0.15) is 5.84 Å². The van der Waals surface area contributed by atoms with Crippen LogP contribution in [0, 0.1) is 23.7 Å². The van der Waals surface area contributed by atoms with E-state index in [1.807, 2.05) is 0 Å². The van der Waals surface area contributed by atoms with E-state index in [2.05, 4.69) is 31.1 Å². The van der Waals surface area contributed by atoms with E-state index in [9.17, 15) is 13.2 Å². The maximum Gasteiger partial charge on any atom is 0.393 e. The van der Waals surface area contributed by atoms with Gasteiger partial charge in [-0.15, -0.1) is 0 Å². The predicted octanol–water partition coefficient (Wildman–Crippen LogP) is 1.14. The van der Waals surface area contributed by atoms with Gasteiger partial charge >= 0.3 is 6.18 Å². The van der Waals surface area contributed by atoms with Crippen molar-refractivity contribution in [2.75, 3.05) is 45.8 Å². The molecule has 1 saturated carbocycles. The quantitative estimate of drug-likeness (QED) is 0.181. The van der Waals surface area contributed by atoms with Crippen molar-refractivity contribution in [3.63, 3.8) is 0 Å². The van der Waals surface area contributed by atoms with E-state index in [-0.39, 0.29) is 25.0 Å². The lowest BCUT2D eigenvalue weighted by atomic mass is 9.75. The van der Waals surface area contributed by atoms with Crippen LogP contribution in [0.1, 0.15) is 38.5 Å². The first-order valence-electron chi connectivity index (χ1n) is 12.1. The standard InChI is InChI=1S/C21H38F3N7O/c22-21(23,24)17-5-6-18(26-12-17)31-9-7-30(8-10-31)13-16-11-27-28-19(16)14-1-3-15(4-2-14)20(25)29-32/h14-19,26-28,32H,1-13H2,(H2,25,29). The number of oxime groups is 1. The smallest absolute Gasteiger partial charge is 0.393 e. The molecule has 0 aromatic rings. The molecule has 0 radical (unpaired) electrons. The van der Waals surface area contributed by atoms with Crippen LogP contribution in [0.15, 0.2) is 5.16 Å². The molecular weight excluding hydrogens is 423 g/mol. The highest BCUT2D eigenvalue weighted by Gasteiger charge is 2.43. The lowest BCUT2D eigenvalue weighted by Gasteiger charge is -2.43. The summed E-state index contributed by atoms with van der Waals surface area (Å²) in [6.45, 7) is 5.74. The van der Waals surface area contributed by atoms with Crippen LogP contribution in [0.4, 0.5) is 13.2 Å². The zero-order valence-electron chi connectivity index (χ0n) is 18.7. The molecule has 32 heavy (non-hydrogen) atoms. The van der Waals surface area contributed by atoms with E-state index in [0.29, 0.717) is 30.1 Å². The average molecular weight is 462 g/mol. The highest BCUT2D eigenvalue weighted by molar-refractivity contribution is 5.82. The molecule has 4 unspecified atom stereocenters. The molecule has 184 valence electrons. The van der Waals surface area contributed by atoms with Crippen LogP contribution in [-0.4, -0.2) is 85.0 Å². The molecule has 0 spiro atoms. The Morgan fingerprint density at radius 2 is 1.72 bits per heavy atom. The summed E-state index contributed by atoms with van der Waals surface area (Å²) in [5, 5.41) is 15.2. The average Bonchev–Trinajstić information content (AvgIpc) is 3.27. The Labute approximate surface area is 188 Å². The Balaban J connectivity index is 1.20. The SMILES string of the molecule is N/C(=N\O)C1CCC(C2NNCC2CN2CCN(C3CCC(C(F)(F)F)CN3)CC2)CC1. The van der Waals surface area contributed by atoms with Gasteiger partial charge < -0.3 is 21.2 Å². The number of halogens is 3. The Morgan fingerprint density at radius 1 is 1.00 bits per heavy atom. The Kier molecular flexibility index (Phi) is 7.81. The maximum absolute atomic E-state index is 12.9. The third kappa shape index (κ3) is 5.67. The van der Waals surface area contributed by atoms with Gasteiger partial charge in [0.15, 0.2) is 0 Å². The Hall–Kier alpha value is -1.14. The molecule has 0 bridgehead atoms. The molecule has 3 aliphatic heterocycles. The highest BCUT2D eigenvalue weighted by atomic mass is 19.4. The summed E-state index contributed by atoms with van der Waals surface area (Å²) in [4.78, 5) is 4.83. The third-order valence-electron chi connectivity index (χ3n) is 8.15. The second-order valence-corrected chi connectivity index (χ2v) is 10.0. The molecule has 0 aromatic carbocycles. The summed E-state index contributed by atoms with van der Waals surface area (Å²) >= 11 is 0. The zero-order valence-corrected chi connectivity index (χ0v) is 18.7. The Bertz CT molecular complexity index is 625. The summed E-state index contributed by atoms with van der Waals surface area (Å²) in [5.74, 6) is 0.467. The van der Waals surface area contributed by atoms with Crippen molar-refractivity contribution in [2.45, 2.75) is 56.9 Å². The van der Waals surface area contributed by atoms with Crippen molar-refractivity contribution in [1.82, 2.24) is 26.0 Å². The van der Waals surface area contributed by atoms with Crippen molar-refractivity contribution in [3.8, 4) is 0 Å². The number of piperazine rings is 1. The molecule has 4 rings (SSSR count). The van der Waals surface area contributed by atoms with Crippen molar-refractivity contribution in [3.05, 3.63) is 0 Å². The molecule has 0 amide bonds. The molecule has 6 N–H and O–H groups in total. The van der Waals surface area contributed by atoms with Gasteiger partial charge in [0.2, 0.25) is 0 Å². The number of nitrogens with zero attached hydrogens (tertiary/aromatic N) is 3. The lowest BCUT2D eigenvalue weighted by molar-refractivity contribution is -0.182. The number of hydrogen-bond acceptors (Lipinski definition) is 7. The van der Waals surface area contributed by atoms with Crippen molar-refractivity contribution >= 4 is 5.84 Å².